The molecule has 0 saturated carbocycles. The Hall–Kier alpha value is -2.71. The molecule has 0 aliphatic rings. The lowest BCUT2D eigenvalue weighted by Gasteiger charge is -2.11. The lowest BCUT2D eigenvalue weighted by atomic mass is 9.97. The molecule has 1 aromatic heterocycles. The van der Waals surface area contributed by atoms with Crippen LogP contribution in [0.5, 0.6) is 5.75 Å². The quantitative estimate of drug-likeness (QED) is 0.657. The molecule has 0 radical (unpaired) electrons. The van der Waals surface area contributed by atoms with Gasteiger partial charge in [-0.25, -0.2) is 13.1 Å². The number of hydrogen-bond donors (Lipinski definition) is 1. The summed E-state index contributed by atoms with van der Waals surface area (Å²) in [5.74, 6) is 1.20. The highest BCUT2D eigenvalue weighted by Gasteiger charge is 2.24. The van der Waals surface area contributed by atoms with Crippen LogP contribution in [0.2, 0.25) is 0 Å². The van der Waals surface area contributed by atoms with Gasteiger partial charge in [-0.3, -0.25) is 0 Å². The predicted molar refractivity (Wildman–Crippen MR) is 110 cm³/mol. The molecule has 0 fully saturated rings. The van der Waals surface area contributed by atoms with Crippen LogP contribution in [0.4, 0.5) is 0 Å². The van der Waals surface area contributed by atoms with E-state index in [1.807, 2.05) is 52.0 Å². The molecule has 0 atom stereocenters. The van der Waals surface area contributed by atoms with E-state index in [1.165, 1.54) is 19.2 Å². The van der Waals surface area contributed by atoms with E-state index in [1.54, 1.807) is 6.07 Å². The smallest absolute Gasteiger partial charge is 0.240 e. The molecule has 154 valence electrons. The molecule has 0 aliphatic carbocycles. The van der Waals surface area contributed by atoms with E-state index < -0.39 is 10.0 Å². The van der Waals surface area contributed by atoms with Gasteiger partial charge in [0, 0.05) is 12.0 Å². The molecule has 0 amide bonds. The number of rotatable bonds is 6. The van der Waals surface area contributed by atoms with Crippen LogP contribution in [0.15, 0.2) is 51.9 Å². The van der Waals surface area contributed by atoms with Crippen LogP contribution < -0.4 is 9.46 Å². The van der Waals surface area contributed by atoms with E-state index >= 15 is 0 Å². The van der Waals surface area contributed by atoms with Crippen LogP contribution in [-0.2, 0) is 22.0 Å². The first-order valence-corrected chi connectivity index (χ1v) is 10.7. The second-order valence-corrected chi connectivity index (χ2v) is 9.61. The fraction of sp³-hybridized carbons (Fsp3) is 0.333. The molecular formula is C21H25N3O4S. The van der Waals surface area contributed by atoms with Gasteiger partial charge in [0.15, 0.2) is 0 Å². The molecule has 0 saturated heterocycles. The summed E-state index contributed by atoms with van der Waals surface area (Å²) >= 11 is 0. The molecule has 0 aliphatic heterocycles. The minimum absolute atomic E-state index is 0.0996. The summed E-state index contributed by atoms with van der Waals surface area (Å²) in [5, 5.41) is 4.01. The third-order valence-corrected chi connectivity index (χ3v) is 5.78. The van der Waals surface area contributed by atoms with Crippen LogP contribution in [0.1, 0.15) is 37.8 Å². The van der Waals surface area contributed by atoms with Crippen LogP contribution in [0, 0.1) is 6.92 Å². The molecule has 3 aromatic rings. The Morgan fingerprint density at radius 1 is 1.10 bits per heavy atom. The predicted octanol–water partition coefficient (Wildman–Crippen LogP) is 3.83. The fourth-order valence-corrected chi connectivity index (χ4v) is 3.68. The molecule has 3 rings (SSSR count). The molecule has 8 heteroatoms. The van der Waals surface area contributed by atoms with Gasteiger partial charge in [0.1, 0.15) is 5.75 Å². The van der Waals surface area contributed by atoms with Crippen molar-refractivity contribution in [1.82, 2.24) is 14.9 Å². The topological polar surface area (TPSA) is 94.3 Å². The van der Waals surface area contributed by atoms with Crippen LogP contribution in [-0.4, -0.2) is 25.7 Å². The normalized spacial score (nSPS) is 12.2. The fourth-order valence-electron chi connectivity index (χ4n) is 2.63. The van der Waals surface area contributed by atoms with Gasteiger partial charge >= 0.3 is 0 Å². The summed E-state index contributed by atoms with van der Waals surface area (Å²) in [5.41, 5.74) is 2.12. The van der Waals surface area contributed by atoms with Crippen molar-refractivity contribution in [2.24, 2.45) is 0 Å². The van der Waals surface area contributed by atoms with Crippen molar-refractivity contribution in [1.29, 1.82) is 0 Å². The number of aryl methyl sites for hydroxylation is 1. The van der Waals surface area contributed by atoms with Gasteiger partial charge in [-0.05, 0) is 30.7 Å². The lowest BCUT2D eigenvalue weighted by Crippen LogP contribution is -2.23. The summed E-state index contributed by atoms with van der Waals surface area (Å²) < 4.78 is 38.9. The Labute approximate surface area is 171 Å². The molecule has 2 aromatic carbocycles. The number of methoxy groups -OCH3 is 1. The van der Waals surface area contributed by atoms with E-state index in [2.05, 4.69) is 14.9 Å². The minimum Gasteiger partial charge on any atom is -0.496 e. The third kappa shape index (κ3) is 4.83. The number of nitrogens with zero attached hydrogens (tertiary/aromatic N) is 2. The average Bonchev–Trinajstić information content (AvgIpc) is 3.17. The van der Waals surface area contributed by atoms with E-state index in [9.17, 15) is 8.42 Å². The van der Waals surface area contributed by atoms with Crippen LogP contribution >= 0.6 is 0 Å². The minimum atomic E-state index is -3.74. The first-order chi connectivity index (χ1) is 13.6. The number of nitrogens with one attached hydrogen (secondary N) is 1. The zero-order valence-electron chi connectivity index (χ0n) is 17.2. The molecule has 29 heavy (non-hydrogen) atoms. The van der Waals surface area contributed by atoms with Crippen molar-refractivity contribution >= 4 is 10.0 Å². The Bertz CT molecular complexity index is 1100. The Balaban J connectivity index is 1.91. The van der Waals surface area contributed by atoms with Gasteiger partial charge in [0.2, 0.25) is 21.7 Å². The van der Waals surface area contributed by atoms with Crippen LogP contribution in [0.3, 0.4) is 0 Å². The molecule has 7 nitrogen and oxygen atoms in total. The highest BCUT2D eigenvalue weighted by atomic mass is 32.2. The highest BCUT2D eigenvalue weighted by Crippen LogP contribution is 2.32. The molecule has 1 heterocycles. The first kappa shape index (κ1) is 21.0. The van der Waals surface area contributed by atoms with Crippen molar-refractivity contribution in [3.63, 3.8) is 0 Å². The summed E-state index contributed by atoms with van der Waals surface area (Å²) in [4.78, 5) is 4.51. The monoisotopic (exact) mass is 415 g/mol. The van der Waals surface area contributed by atoms with Crippen molar-refractivity contribution in [2.75, 3.05) is 7.11 Å². The summed E-state index contributed by atoms with van der Waals surface area (Å²) in [6.07, 6.45) is 0. The standard InChI is InChI=1S/C21H25N3O4S/c1-14-6-8-15(9-7-14)13-22-29(25,26)16-10-11-18(27-5)17(12-16)19-23-20(28-24-19)21(2,3)4/h6-12,22H,13H2,1-5H3. The van der Waals surface area contributed by atoms with Crippen molar-refractivity contribution in [3.8, 4) is 17.1 Å². The Morgan fingerprint density at radius 3 is 2.38 bits per heavy atom. The third-order valence-electron chi connectivity index (χ3n) is 4.38. The number of hydrogen-bond acceptors (Lipinski definition) is 6. The number of sulfonamides is 1. The molecule has 0 spiro atoms. The molecule has 0 bridgehead atoms. The number of aromatic nitrogens is 2. The van der Waals surface area contributed by atoms with Gasteiger partial charge in [-0.1, -0.05) is 55.8 Å². The maximum absolute atomic E-state index is 12.8. The molecular weight excluding hydrogens is 390 g/mol. The number of benzene rings is 2. The maximum Gasteiger partial charge on any atom is 0.240 e. The van der Waals surface area contributed by atoms with Crippen molar-refractivity contribution in [2.45, 2.75) is 44.6 Å². The maximum atomic E-state index is 12.8. The van der Waals surface area contributed by atoms with Gasteiger partial charge < -0.3 is 9.26 Å². The van der Waals surface area contributed by atoms with E-state index in [4.69, 9.17) is 9.26 Å². The summed E-state index contributed by atoms with van der Waals surface area (Å²) in [7, 11) is -2.23. The second-order valence-electron chi connectivity index (χ2n) is 7.85. The summed E-state index contributed by atoms with van der Waals surface area (Å²) in [6.45, 7) is 8.04. The number of ether oxygens (including phenoxy) is 1. The summed E-state index contributed by atoms with van der Waals surface area (Å²) in [6, 6.07) is 12.2. The largest absolute Gasteiger partial charge is 0.496 e. The SMILES string of the molecule is COc1ccc(S(=O)(=O)NCc2ccc(C)cc2)cc1-c1noc(C(C)(C)C)n1. The Morgan fingerprint density at radius 2 is 1.79 bits per heavy atom. The van der Waals surface area contributed by atoms with E-state index in [-0.39, 0.29) is 22.7 Å². The van der Waals surface area contributed by atoms with Gasteiger partial charge in [0.05, 0.1) is 17.6 Å². The first-order valence-electron chi connectivity index (χ1n) is 9.18. The zero-order chi connectivity index (χ0) is 21.2. The highest BCUT2D eigenvalue weighted by molar-refractivity contribution is 7.89. The molecule has 0 unspecified atom stereocenters. The zero-order valence-corrected chi connectivity index (χ0v) is 18.0. The van der Waals surface area contributed by atoms with Crippen LogP contribution in [0.25, 0.3) is 11.4 Å². The van der Waals surface area contributed by atoms with Crippen molar-refractivity contribution in [3.05, 3.63) is 59.5 Å². The van der Waals surface area contributed by atoms with Gasteiger partial charge in [-0.2, -0.15) is 4.98 Å². The average molecular weight is 416 g/mol. The van der Waals surface area contributed by atoms with E-state index in [0.717, 1.165) is 11.1 Å². The van der Waals surface area contributed by atoms with Gasteiger partial charge in [-0.15, -0.1) is 0 Å². The second kappa shape index (κ2) is 7.96. The van der Waals surface area contributed by atoms with Gasteiger partial charge in [0.25, 0.3) is 0 Å². The molecule has 1 N–H and O–H groups in total. The van der Waals surface area contributed by atoms with E-state index in [0.29, 0.717) is 17.2 Å². The Kier molecular flexibility index (Phi) is 5.77. The lowest BCUT2D eigenvalue weighted by molar-refractivity contribution is 0.321. The van der Waals surface area contributed by atoms with Crippen molar-refractivity contribution < 1.29 is 17.7 Å².